The Morgan fingerprint density at radius 3 is 2.31 bits per heavy atom. The van der Waals surface area contributed by atoms with Crippen LogP contribution in [0.5, 0.6) is 0 Å². The highest BCUT2D eigenvalue weighted by atomic mass is 32.2. The van der Waals surface area contributed by atoms with Crippen LogP contribution in [0.4, 0.5) is 0 Å². The van der Waals surface area contributed by atoms with Crippen LogP contribution < -0.4 is 4.90 Å². The number of aryl methyl sites for hydroxylation is 2. The van der Waals surface area contributed by atoms with Crippen molar-refractivity contribution in [1.29, 1.82) is 0 Å². The van der Waals surface area contributed by atoms with Gasteiger partial charge in [0.1, 0.15) is 6.54 Å². The smallest absolute Gasteiger partial charge is 0.277 e. The first-order valence-electron chi connectivity index (χ1n) is 9.98. The van der Waals surface area contributed by atoms with Gasteiger partial charge in [-0.3, -0.25) is 4.79 Å². The van der Waals surface area contributed by atoms with Gasteiger partial charge in [-0.2, -0.15) is 4.31 Å². The molecular formula is C22H30N3O3S+. The van der Waals surface area contributed by atoms with Crippen molar-refractivity contribution in [2.75, 3.05) is 39.8 Å². The maximum Gasteiger partial charge on any atom is 0.277 e. The minimum Gasteiger partial charge on any atom is -0.335 e. The highest BCUT2D eigenvalue weighted by molar-refractivity contribution is 7.89. The molecule has 1 heterocycles. The Hall–Kier alpha value is -2.22. The second-order valence-electron chi connectivity index (χ2n) is 7.85. The lowest BCUT2D eigenvalue weighted by atomic mass is 10.2. The Morgan fingerprint density at radius 2 is 1.66 bits per heavy atom. The summed E-state index contributed by atoms with van der Waals surface area (Å²) >= 11 is 0. The van der Waals surface area contributed by atoms with Gasteiger partial charge in [0.05, 0.1) is 11.9 Å². The van der Waals surface area contributed by atoms with E-state index in [1.165, 1.54) is 9.87 Å². The van der Waals surface area contributed by atoms with E-state index >= 15 is 0 Å². The number of sulfonamides is 1. The lowest BCUT2D eigenvalue weighted by molar-refractivity contribution is -0.885. The van der Waals surface area contributed by atoms with Crippen LogP contribution in [0.3, 0.4) is 0 Å². The minimum absolute atomic E-state index is 0.0715. The summed E-state index contributed by atoms with van der Waals surface area (Å²) in [7, 11) is -1.53. The first-order valence-corrected chi connectivity index (χ1v) is 11.4. The molecule has 1 amide bonds. The number of amides is 1. The number of rotatable bonds is 6. The van der Waals surface area contributed by atoms with Crippen molar-refractivity contribution in [3.8, 4) is 0 Å². The number of likely N-dealkylation sites (N-methyl/N-ethyl adjacent to an activating group) is 1. The average molecular weight is 417 g/mol. The van der Waals surface area contributed by atoms with Crippen molar-refractivity contribution in [2.24, 2.45) is 0 Å². The molecule has 1 fully saturated rings. The van der Waals surface area contributed by atoms with Crippen molar-refractivity contribution in [3.63, 3.8) is 0 Å². The van der Waals surface area contributed by atoms with Gasteiger partial charge < -0.3 is 9.80 Å². The van der Waals surface area contributed by atoms with Crippen molar-refractivity contribution >= 4 is 15.9 Å². The molecule has 1 N–H and O–H groups in total. The molecule has 1 aliphatic heterocycles. The van der Waals surface area contributed by atoms with Crippen molar-refractivity contribution in [1.82, 2.24) is 9.21 Å². The topological polar surface area (TPSA) is 62.1 Å². The van der Waals surface area contributed by atoms with Gasteiger partial charge in [0, 0.05) is 31.7 Å². The number of carbonyl (C=O) groups excluding carboxylic acids is 1. The fraction of sp³-hybridized carbons (Fsp3) is 0.409. The van der Waals surface area contributed by atoms with Gasteiger partial charge >= 0.3 is 0 Å². The maximum absolute atomic E-state index is 13.0. The molecule has 156 valence electrons. The number of hydrogen-bond acceptors (Lipinski definition) is 3. The Labute approximate surface area is 173 Å². The molecular weight excluding hydrogens is 386 g/mol. The second-order valence-corrected chi connectivity index (χ2v) is 9.76. The van der Waals surface area contributed by atoms with Crippen LogP contribution in [0.15, 0.2) is 53.4 Å². The molecule has 0 saturated carbocycles. The van der Waals surface area contributed by atoms with E-state index in [1.54, 1.807) is 11.0 Å². The van der Waals surface area contributed by atoms with Gasteiger partial charge in [0.15, 0.2) is 6.54 Å². The zero-order valence-corrected chi connectivity index (χ0v) is 18.2. The normalized spacial score (nSPS) is 16.6. The molecule has 7 heteroatoms. The average Bonchev–Trinajstić information content (AvgIpc) is 2.70. The molecule has 1 aliphatic rings. The number of carbonyl (C=O) groups is 1. The fourth-order valence-corrected chi connectivity index (χ4v) is 5.41. The predicted molar refractivity (Wildman–Crippen MR) is 113 cm³/mol. The number of hydrogen-bond donors (Lipinski definition) is 1. The summed E-state index contributed by atoms with van der Waals surface area (Å²) in [6, 6.07) is 15.6. The van der Waals surface area contributed by atoms with Crippen molar-refractivity contribution in [3.05, 3.63) is 65.2 Å². The molecule has 3 rings (SSSR count). The third kappa shape index (κ3) is 5.23. The molecule has 0 radical (unpaired) electrons. The van der Waals surface area contributed by atoms with Crippen LogP contribution in [-0.4, -0.2) is 63.3 Å². The molecule has 1 atom stereocenters. The van der Waals surface area contributed by atoms with Gasteiger partial charge in [0.2, 0.25) is 10.0 Å². The van der Waals surface area contributed by atoms with E-state index in [0.717, 1.165) is 22.6 Å². The van der Waals surface area contributed by atoms with E-state index in [9.17, 15) is 13.2 Å². The molecule has 0 aromatic heterocycles. The van der Waals surface area contributed by atoms with Gasteiger partial charge in [-0.25, -0.2) is 8.42 Å². The Bertz CT molecular complexity index is 953. The maximum atomic E-state index is 13.0. The Kier molecular flexibility index (Phi) is 6.72. The fourth-order valence-electron chi connectivity index (χ4n) is 3.68. The molecule has 2 aromatic carbocycles. The van der Waals surface area contributed by atoms with E-state index in [-0.39, 0.29) is 5.91 Å². The summed E-state index contributed by atoms with van der Waals surface area (Å²) in [5.74, 6) is 0.0715. The Morgan fingerprint density at radius 1 is 1.00 bits per heavy atom. The Balaban J connectivity index is 1.57. The molecule has 6 nitrogen and oxygen atoms in total. The van der Waals surface area contributed by atoms with Crippen LogP contribution in [-0.2, 0) is 21.4 Å². The van der Waals surface area contributed by atoms with Crippen LogP contribution in [0.1, 0.15) is 16.7 Å². The van der Waals surface area contributed by atoms with Crippen molar-refractivity contribution in [2.45, 2.75) is 25.3 Å². The van der Waals surface area contributed by atoms with Crippen molar-refractivity contribution < 1.29 is 18.1 Å². The SMILES string of the molecule is Cc1ccc(C)c(S(=O)(=O)N2CCN(C(=O)C[NH+](C)Cc3ccccc3)CC2)c1. The van der Waals surface area contributed by atoms with Gasteiger partial charge in [0.25, 0.3) is 5.91 Å². The standard InChI is InChI=1S/C22H29N3O3S/c1-18-9-10-19(2)21(15-18)29(27,28)25-13-11-24(12-14-25)22(26)17-23(3)16-20-7-5-4-6-8-20/h4-10,15H,11-14,16-17H2,1-3H3/p+1. The van der Waals surface area contributed by atoms with E-state index in [4.69, 9.17) is 0 Å². The quantitative estimate of drug-likeness (QED) is 0.760. The zero-order chi connectivity index (χ0) is 21.0. The summed E-state index contributed by atoms with van der Waals surface area (Å²) in [6.45, 7) is 6.43. The summed E-state index contributed by atoms with van der Waals surface area (Å²) in [4.78, 5) is 15.9. The first kappa shape index (κ1) is 21.5. The van der Waals surface area contributed by atoms with Crippen LogP contribution in [0.25, 0.3) is 0 Å². The van der Waals surface area contributed by atoms with E-state index in [0.29, 0.717) is 37.6 Å². The molecule has 1 saturated heterocycles. The number of nitrogens with one attached hydrogen (secondary N) is 1. The van der Waals surface area contributed by atoms with Crippen LogP contribution >= 0.6 is 0 Å². The summed E-state index contributed by atoms with van der Waals surface area (Å²) in [5.41, 5.74) is 2.87. The predicted octanol–water partition coefficient (Wildman–Crippen LogP) is 0.851. The highest BCUT2D eigenvalue weighted by Gasteiger charge is 2.31. The molecule has 1 unspecified atom stereocenters. The number of benzene rings is 2. The summed E-state index contributed by atoms with van der Waals surface area (Å²) in [6.07, 6.45) is 0. The van der Waals surface area contributed by atoms with E-state index in [2.05, 4.69) is 12.1 Å². The summed E-state index contributed by atoms with van der Waals surface area (Å²) < 4.78 is 27.6. The highest BCUT2D eigenvalue weighted by Crippen LogP contribution is 2.22. The lowest BCUT2D eigenvalue weighted by Crippen LogP contribution is -3.09. The lowest BCUT2D eigenvalue weighted by Gasteiger charge is -2.34. The zero-order valence-electron chi connectivity index (χ0n) is 17.4. The van der Waals surface area contributed by atoms with Gasteiger partial charge in [-0.15, -0.1) is 0 Å². The van der Waals surface area contributed by atoms with E-state index in [1.807, 2.05) is 51.2 Å². The second kappa shape index (κ2) is 9.07. The molecule has 0 aliphatic carbocycles. The summed E-state index contributed by atoms with van der Waals surface area (Å²) in [5, 5.41) is 0. The molecule has 2 aromatic rings. The molecule has 0 bridgehead atoms. The molecule has 29 heavy (non-hydrogen) atoms. The first-order chi connectivity index (χ1) is 13.8. The minimum atomic E-state index is -3.54. The third-order valence-electron chi connectivity index (χ3n) is 5.35. The number of nitrogens with zero attached hydrogens (tertiary/aromatic N) is 2. The monoisotopic (exact) mass is 416 g/mol. The molecule has 0 spiro atoms. The van der Waals surface area contributed by atoms with Crippen LogP contribution in [0, 0.1) is 13.8 Å². The van der Waals surface area contributed by atoms with Crippen LogP contribution in [0.2, 0.25) is 0 Å². The van der Waals surface area contributed by atoms with Gasteiger partial charge in [-0.1, -0.05) is 42.5 Å². The van der Waals surface area contributed by atoms with E-state index < -0.39 is 10.0 Å². The largest absolute Gasteiger partial charge is 0.335 e. The van der Waals surface area contributed by atoms with Gasteiger partial charge in [-0.05, 0) is 31.0 Å². The number of piperazine rings is 1. The number of quaternary nitrogens is 1. The third-order valence-corrected chi connectivity index (χ3v) is 7.40.